The predicted molar refractivity (Wildman–Crippen MR) is 90.5 cm³/mol. The first kappa shape index (κ1) is 15.2. The second-order valence-corrected chi connectivity index (χ2v) is 5.86. The fourth-order valence-electron chi connectivity index (χ4n) is 2.08. The number of nitrogens with one attached hydrogen (secondary N) is 1. The van der Waals surface area contributed by atoms with Crippen molar-refractivity contribution < 1.29 is 9.53 Å². The highest BCUT2D eigenvalue weighted by Crippen LogP contribution is 2.24. The molecule has 1 N–H and O–H groups in total. The van der Waals surface area contributed by atoms with Crippen LogP contribution in [0.2, 0.25) is 0 Å². The topological polar surface area (TPSA) is 80.2 Å². The maximum Gasteiger partial charge on any atom is 0.318 e. The number of fused-ring (bicyclic) bond motifs is 1. The monoisotopic (exact) mass is 329 g/mol. The van der Waals surface area contributed by atoms with Crippen LogP contribution in [0.4, 0.5) is 11.5 Å². The molecule has 0 fully saturated rings. The lowest BCUT2D eigenvalue weighted by Crippen LogP contribution is -2.18. The molecule has 2 heterocycles. The van der Waals surface area contributed by atoms with Gasteiger partial charge in [0.1, 0.15) is 5.69 Å². The van der Waals surface area contributed by atoms with E-state index in [1.807, 2.05) is 26.2 Å². The van der Waals surface area contributed by atoms with E-state index in [0.29, 0.717) is 17.1 Å². The number of methoxy groups -OCH3 is 1. The smallest absolute Gasteiger partial charge is 0.318 e. The number of nitrogens with zero attached hydrogens (tertiary/aromatic N) is 4. The third-order valence-electron chi connectivity index (χ3n) is 3.19. The fraction of sp³-hybridized carbons (Fsp3) is 0.200. The van der Waals surface area contributed by atoms with E-state index in [1.54, 1.807) is 16.5 Å². The minimum absolute atomic E-state index is 0.225. The SMILES string of the molecule is COc1ncc(NC(=O)c2ccc3ncsc3c2)c(N(C)C)n1. The lowest BCUT2D eigenvalue weighted by atomic mass is 10.2. The van der Waals surface area contributed by atoms with Crippen LogP contribution >= 0.6 is 11.3 Å². The predicted octanol–water partition coefficient (Wildman–Crippen LogP) is 2.41. The highest BCUT2D eigenvalue weighted by molar-refractivity contribution is 7.16. The number of hydrogen-bond acceptors (Lipinski definition) is 7. The molecule has 0 aliphatic heterocycles. The van der Waals surface area contributed by atoms with Gasteiger partial charge in [-0.3, -0.25) is 4.79 Å². The van der Waals surface area contributed by atoms with Crippen molar-refractivity contribution in [3.05, 3.63) is 35.5 Å². The van der Waals surface area contributed by atoms with Crippen LogP contribution in [0.3, 0.4) is 0 Å². The standard InChI is InChI=1S/C15H15N5O2S/c1-20(2)13-11(7-16-15(19-13)22-3)18-14(21)9-4-5-10-12(6-9)23-8-17-10/h4-8H,1-3H3,(H,18,21). The Morgan fingerprint density at radius 2 is 2.13 bits per heavy atom. The summed E-state index contributed by atoms with van der Waals surface area (Å²) in [5, 5.41) is 2.84. The molecule has 2 aromatic heterocycles. The van der Waals surface area contributed by atoms with Crippen LogP contribution in [0.25, 0.3) is 10.2 Å². The minimum atomic E-state index is -0.225. The summed E-state index contributed by atoms with van der Waals surface area (Å²) in [5.41, 5.74) is 3.72. The van der Waals surface area contributed by atoms with Crippen LogP contribution in [-0.2, 0) is 0 Å². The van der Waals surface area contributed by atoms with Gasteiger partial charge in [-0.05, 0) is 18.2 Å². The van der Waals surface area contributed by atoms with Gasteiger partial charge in [0, 0.05) is 19.7 Å². The third-order valence-corrected chi connectivity index (χ3v) is 3.99. The molecule has 3 aromatic rings. The number of thiazole rings is 1. The Labute approximate surface area is 137 Å². The van der Waals surface area contributed by atoms with Gasteiger partial charge in [-0.2, -0.15) is 4.98 Å². The zero-order chi connectivity index (χ0) is 16.4. The minimum Gasteiger partial charge on any atom is -0.467 e. The van der Waals surface area contributed by atoms with Gasteiger partial charge >= 0.3 is 6.01 Å². The Balaban J connectivity index is 1.89. The molecule has 8 heteroatoms. The number of ether oxygens (including phenoxy) is 1. The average molecular weight is 329 g/mol. The molecule has 1 amide bonds. The van der Waals surface area contributed by atoms with Crippen molar-refractivity contribution >= 4 is 39.0 Å². The molecule has 0 spiro atoms. The summed E-state index contributed by atoms with van der Waals surface area (Å²) in [5.74, 6) is 0.348. The molecule has 0 aliphatic rings. The number of hydrogen-bond donors (Lipinski definition) is 1. The van der Waals surface area contributed by atoms with Crippen LogP contribution < -0.4 is 15.0 Å². The van der Waals surface area contributed by atoms with E-state index in [1.165, 1.54) is 24.6 Å². The number of carbonyl (C=O) groups excluding carboxylic acids is 1. The molecule has 118 valence electrons. The first-order chi connectivity index (χ1) is 11.1. The molecular formula is C15H15N5O2S. The van der Waals surface area contributed by atoms with Gasteiger partial charge in [0.05, 0.1) is 29.0 Å². The lowest BCUT2D eigenvalue weighted by molar-refractivity contribution is 0.102. The van der Waals surface area contributed by atoms with Gasteiger partial charge < -0.3 is 15.0 Å². The van der Waals surface area contributed by atoms with Crippen molar-refractivity contribution in [2.24, 2.45) is 0 Å². The number of aromatic nitrogens is 3. The Hall–Kier alpha value is -2.74. The number of benzene rings is 1. The molecule has 0 aliphatic carbocycles. The van der Waals surface area contributed by atoms with Gasteiger partial charge in [-0.25, -0.2) is 9.97 Å². The summed E-state index contributed by atoms with van der Waals surface area (Å²) in [4.78, 5) is 26.8. The van der Waals surface area contributed by atoms with Gasteiger partial charge in [0.15, 0.2) is 5.82 Å². The molecule has 0 unspecified atom stereocenters. The van der Waals surface area contributed by atoms with Gasteiger partial charge in [0.2, 0.25) is 0 Å². The maximum absolute atomic E-state index is 12.5. The van der Waals surface area contributed by atoms with Crippen molar-refractivity contribution in [2.45, 2.75) is 0 Å². The number of carbonyl (C=O) groups is 1. The maximum atomic E-state index is 12.5. The zero-order valence-corrected chi connectivity index (χ0v) is 13.7. The highest BCUT2D eigenvalue weighted by Gasteiger charge is 2.14. The molecule has 7 nitrogen and oxygen atoms in total. The van der Waals surface area contributed by atoms with E-state index < -0.39 is 0 Å². The highest BCUT2D eigenvalue weighted by atomic mass is 32.1. The number of rotatable bonds is 4. The summed E-state index contributed by atoms with van der Waals surface area (Å²) in [6, 6.07) is 5.65. The Morgan fingerprint density at radius 1 is 1.30 bits per heavy atom. The van der Waals surface area contributed by atoms with Crippen LogP contribution in [-0.4, -0.2) is 42.1 Å². The largest absolute Gasteiger partial charge is 0.467 e. The van der Waals surface area contributed by atoms with Gasteiger partial charge in [-0.15, -0.1) is 11.3 Å². The Kier molecular flexibility index (Phi) is 4.07. The van der Waals surface area contributed by atoms with Gasteiger partial charge in [0.25, 0.3) is 5.91 Å². The normalized spacial score (nSPS) is 10.6. The molecule has 0 saturated heterocycles. The number of anilines is 2. The van der Waals surface area contributed by atoms with Crippen LogP contribution in [0.5, 0.6) is 6.01 Å². The molecule has 23 heavy (non-hydrogen) atoms. The lowest BCUT2D eigenvalue weighted by Gasteiger charge is -2.16. The Bertz CT molecular complexity index is 862. The number of amides is 1. The van der Waals surface area contributed by atoms with Crippen molar-refractivity contribution in [1.82, 2.24) is 15.0 Å². The van der Waals surface area contributed by atoms with Crippen molar-refractivity contribution in [3.63, 3.8) is 0 Å². The summed E-state index contributed by atoms with van der Waals surface area (Å²) < 4.78 is 5.99. The van der Waals surface area contributed by atoms with E-state index in [9.17, 15) is 4.79 Å². The molecule has 0 atom stereocenters. The second kappa shape index (κ2) is 6.17. The Morgan fingerprint density at radius 3 is 2.87 bits per heavy atom. The first-order valence-electron chi connectivity index (χ1n) is 6.81. The van der Waals surface area contributed by atoms with E-state index in [0.717, 1.165) is 10.2 Å². The van der Waals surface area contributed by atoms with Gasteiger partial charge in [-0.1, -0.05) is 0 Å². The summed E-state index contributed by atoms with van der Waals surface area (Å²) in [6.07, 6.45) is 1.53. The van der Waals surface area contributed by atoms with Crippen molar-refractivity contribution in [2.75, 3.05) is 31.4 Å². The van der Waals surface area contributed by atoms with Crippen LogP contribution in [0.1, 0.15) is 10.4 Å². The summed E-state index contributed by atoms with van der Waals surface area (Å²) in [6.45, 7) is 0. The fourth-order valence-corrected chi connectivity index (χ4v) is 2.79. The zero-order valence-electron chi connectivity index (χ0n) is 12.9. The molecule has 3 rings (SSSR count). The summed E-state index contributed by atoms with van der Waals surface area (Å²) >= 11 is 1.50. The van der Waals surface area contributed by atoms with E-state index in [2.05, 4.69) is 20.3 Å². The van der Waals surface area contributed by atoms with Crippen LogP contribution in [0, 0.1) is 0 Å². The molecule has 0 saturated carbocycles. The average Bonchev–Trinajstić information content (AvgIpc) is 3.02. The molecular weight excluding hydrogens is 314 g/mol. The second-order valence-electron chi connectivity index (χ2n) is 4.98. The van der Waals surface area contributed by atoms with E-state index in [4.69, 9.17) is 4.74 Å². The van der Waals surface area contributed by atoms with Crippen molar-refractivity contribution in [3.8, 4) is 6.01 Å². The molecule has 0 radical (unpaired) electrons. The quantitative estimate of drug-likeness (QED) is 0.792. The first-order valence-corrected chi connectivity index (χ1v) is 7.69. The summed E-state index contributed by atoms with van der Waals surface area (Å²) in [7, 11) is 5.17. The van der Waals surface area contributed by atoms with Crippen molar-refractivity contribution in [1.29, 1.82) is 0 Å². The molecule has 0 bridgehead atoms. The van der Waals surface area contributed by atoms with E-state index in [-0.39, 0.29) is 11.9 Å². The third kappa shape index (κ3) is 3.07. The molecule has 1 aromatic carbocycles. The van der Waals surface area contributed by atoms with Crippen LogP contribution in [0.15, 0.2) is 29.9 Å². The van der Waals surface area contributed by atoms with E-state index >= 15 is 0 Å².